The van der Waals surface area contributed by atoms with Crippen LogP contribution in [-0.2, 0) is 0 Å². The van der Waals surface area contributed by atoms with Gasteiger partial charge < -0.3 is 4.42 Å². The molecule has 0 aliphatic heterocycles. The number of fused-ring (bicyclic) bond motifs is 10. The molecule has 0 spiro atoms. The van der Waals surface area contributed by atoms with Crippen LogP contribution in [0.5, 0.6) is 0 Å². The standard InChI is InChI=1S/C52H31N5O/c1-2-13-35(14-3-1)57-45-22-10-9-21-44(45)53-52(57)33-27-25-32(26-28-33)49-54-50(56-51(55-49)42-20-12-24-47-48(42)41-19-8-11-23-46(41)58-47)34-29-30-40-38-17-5-4-15-36(38)37-16-6-7-18-39(37)43(40)31-34/h1-31H. The van der Waals surface area contributed by atoms with Crippen LogP contribution in [0, 0.1) is 0 Å². The Morgan fingerprint density at radius 2 is 0.914 bits per heavy atom. The number of nitrogens with zero attached hydrogens (tertiary/aromatic N) is 5. The molecule has 0 saturated heterocycles. The van der Waals surface area contributed by atoms with Crippen molar-refractivity contribution in [3.63, 3.8) is 0 Å². The fraction of sp³-hybridized carbons (Fsp3) is 0. The van der Waals surface area contributed by atoms with Gasteiger partial charge >= 0.3 is 0 Å². The summed E-state index contributed by atoms with van der Waals surface area (Å²) in [6.07, 6.45) is 0. The molecule has 9 aromatic carbocycles. The highest BCUT2D eigenvalue weighted by Crippen LogP contribution is 2.39. The minimum absolute atomic E-state index is 0.579. The molecule has 6 heteroatoms. The largest absolute Gasteiger partial charge is 0.456 e. The Hall–Kier alpha value is -7.96. The number of furan rings is 1. The van der Waals surface area contributed by atoms with Crippen LogP contribution < -0.4 is 0 Å². The van der Waals surface area contributed by atoms with Gasteiger partial charge in [-0.05, 0) is 74.8 Å². The predicted molar refractivity (Wildman–Crippen MR) is 236 cm³/mol. The Kier molecular flexibility index (Phi) is 7.13. The highest BCUT2D eigenvalue weighted by atomic mass is 16.3. The lowest BCUT2D eigenvalue weighted by Crippen LogP contribution is -2.01. The Balaban J connectivity index is 1.06. The second kappa shape index (κ2) is 12.8. The molecule has 3 aromatic heterocycles. The summed E-state index contributed by atoms with van der Waals surface area (Å²) in [5, 5.41) is 9.23. The fourth-order valence-corrected chi connectivity index (χ4v) is 8.59. The molecule has 0 atom stereocenters. The molecule has 0 aliphatic rings. The smallest absolute Gasteiger partial charge is 0.164 e. The molecule has 58 heavy (non-hydrogen) atoms. The van der Waals surface area contributed by atoms with Crippen LogP contribution >= 0.6 is 0 Å². The maximum absolute atomic E-state index is 6.31. The molecule has 0 radical (unpaired) electrons. The lowest BCUT2D eigenvalue weighted by molar-refractivity contribution is 0.669. The monoisotopic (exact) mass is 741 g/mol. The normalized spacial score (nSPS) is 11.8. The summed E-state index contributed by atoms with van der Waals surface area (Å²) < 4.78 is 8.52. The highest BCUT2D eigenvalue weighted by Gasteiger charge is 2.20. The zero-order valence-electron chi connectivity index (χ0n) is 31.0. The molecule has 0 N–H and O–H groups in total. The molecule has 270 valence electrons. The molecular formula is C52H31N5O. The van der Waals surface area contributed by atoms with E-state index in [2.05, 4.69) is 150 Å². The number of imidazole rings is 1. The zero-order valence-corrected chi connectivity index (χ0v) is 31.0. The van der Waals surface area contributed by atoms with Gasteiger partial charge in [0.2, 0.25) is 0 Å². The van der Waals surface area contributed by atoms with Crippen molar-refractivity contribution in [3.05, 3.63) is 188 Å². The van der Waals surface area contributed by atoms with E-state index in [1.54, 1.807) is 0 Å². The van der Waals surface area contributed by atoms with Gasteiger partial charge in [0.15, 0.2) is 17.5 Å². The van der Waals surface area contributed by atoms with Crippen molar-refractivity contribution in [1.82, 2.24) is 24.5 Å². The molecule has 0 unspecified atom stereocenters. The third-order valence-corrected chi connectivity index (χ3v) is 11.3. The minimum atomic E-state index is 0.579. The molecule has 0 fully saturated rings. The zero-order chi connectivity index (χ0) is 38.2. The van der Waals surface area contributed by atoms with Crippen molar-refractivity contribution < 1.29 is 4.42 Å². The van der Waals surface area contributed by atoms with Gasteiger partial charge in [0.25, 0.3) is 0 Å². The lowest BCUT2D eigenvalue weighted by Gasteiger charge is -2.13. The quantitative estimate of drug-likeness (QED) is 0.164. The van der Waals surface area contributed by atoms with E-state index in [0.29, 0.717) is 17.5 Å². The molecular weight excluding hydrogens is 711 g/mol. The van der Waals surface area contributed by atoms with Crippen molar-refractivity contribution >= 4 is 65.3 Å². The Morgan fingerprint density at radius 3 is 1.67 bits per heavy atom. The van der Waals surface area contributed by atoms with Crippen LogP contribution in [0.1, 0.15) is 0 Å². The molecule has 3 heterocycles. The summed E-state index contributed by atoms with van der Waals surface area (Å²) in [5.74, 6) is 2.62. The molecule has 12 rings (SSSR count). The molecule has 0 bridgehead atoms. The van der Waals surface area contributed by atoms with Crippen LogP contribution in [0.3, 0.4) is 0 Å². The minimum Gasteiger partial charge on any atom is -0.456 e. The number of rotatable bonds is 5. The van der Waals surface area contributed by atoms with Crippen LogP contribution in [-0.4, -0.2) is 24.5 Å². The fourth-order valence-electron chi connectivity index (χ4n) is 8.59. The highest BCUT2D eigenvalue weighted by molar-refractivity contribution is 6.25. The first-order chi connectivity index (χ1) is 28.7. The first-order valence-corrected chi connectivity index (χ1v) is 19.4. The van der Waals surface area contributed by atoms with E-state index in [9.17, 15) is 0 Å². The maximum atomic E-state index is 6.31. The number of hydrogen-bond acceptors (Lipinski definition) is 5. The van der Waals surface area contributed by atoms with Gasteiger partial charge in [-0.3, -0.25) is 4.57 Å². The van der Waals surface area contributed by atoms with Gasteiger partial charge in [-0.25, -0.2) is 19.9 Å². The van der Waals surface area contributed by atoms with Gasteiger partial charge in [-0.2, -0.15) is 0 Å². The third kappa shape index (κ3) is 5.05. The Labute approximate surface area is 332 Å². The SMILES string of the molecule is c1ccc(-n2c(-c3ccc(-c4nc(-c5ccc6c7ccccc7c7ccccc7c6c5)nc(-c5cccc6oc7ccccc7c56)n4)cc3)nc3ccccc32)cc1. The van der Waals surface area contributed by atoms with E-state index < -0.39 is 0 Å². The summed E-state index contributed by atoms with van der Waals surface area (Å²) in [6.45, 7) is 0. The van der Waals surface area contributed by atoms with Gasteiger partial charge in [0, 0.05) is 38.7 Å². The Bertz CT molecular complexity index is 3530. The predicted octanol–water partition coefficient (Wildman–Crippen LogP) is 13.2. The van der Waals surface area contributed by atoms with E-state index in [1.165, 1.54) is 26.9 Å². The van der Waals surface area contributed by atoms with Gasteiger partial charge in [0.1, 0.15) is 17.0 Å². The topological polar surface area (TPSA) is 69.6 Å². The van der Waals surface area contributed by atoms with Crippen LogP contribution in [0.15, 0.2) is 192 Å². The van der Waals surface area contributed by atoms with Crippen molar-refractivity contribution in [2.75, 3.05) is 0 Å². The summed E-state index contributed by atoms with van der Waals surface area (Å²) in [5.41, 5.74) is 8.32. The van der Waals surface area contributed by atoms with Crippen LogP contribution in [0.2, 0.25) is 0 Å². The number of para-hydroxylation sites is 4. The van der Waals surface area contributed by atoms with Gasteiger partial charge in [-0.1, -0.05) is 146 Å². The lowest BCUT2D eigenvalue weighted by atomic mass is 9.93. The molecule has 6 nitrogen and oxygen atoms in total. The number of aromatic nitrogens is 5. The van der Waals surface area contributed by atoms with E-state index in [-0.39, 0.29) is 0 Å². The molecule has 0 aliphatic carbocycles. The second-order valence-corrected chi connectivity index (χ2v) is 14.6. The van der Waals surface area contributed by atoms with Crippen molar-refractivity contribution in [1.29, 1.82) is 0 Å². The first-order valence-electron chi connectivity index (χ1n) is 19.4. The van der Waals surface area contributed by atoms with E-state index >= 15 is 0 Å². The van der Waals surface area contributed by atoms with Crippen LogP contribution in [0.4, 0.5) is 0 Å². The summed E-state index contributed by atoms with van der Waals surface area (Å²) >= 11 is 0. The number of benzene rings is 9. The Morgan fingerprint density at radius 1 is 0.362 bits per heavy atom. The average molecular weight is 742 g/mol. The van der Waals surface area contributed by atoms with Gasteiger partial charge in [0.05, 0.1) is 11.0 Å². The third-order valence-electron chi connectivity index (χ3n) is 11.3. The van der Waals surface area contributed by atoms with Crippen LogP contribution in [0.25, 0.3) is 117 Å². The van der Waals surface area contributed by atoms with E-state index in [0.717, 1.165) is 72.1 Å². The maximum Gasteiger partial charge on any atom is 0.164 e. The molecule has 0 saturated carbocycles. The van der Waals surface area contributed by atoms with Crippen molar-refractivity contribution in [2.24, 2.45) is 0 Å². The summed E-state index contributed by atoms with van der Waals surface area (Å²) in [6, 6.07) is 65.0. The second-order valence-electron chi connectivity index (χ2n) is 14.6. The first kappa shape index (κ1) is 32.3. The van der Waals surface area contributed by atoms with E-state index in [4.69, 9.17) is 24.4 Å². The number of hydrogen-bond donors (Lipinski definition) is 0. The summed E-state index contributed by atoms with van der Waals surface area (Å²) in [4.78, 5) is 20.8. The van der Waals surface area contributed by atoms with E-state index in [1.807, 2.05) is 42.5 Å². The summed E-state index contributed by atoms with van der Waals surface area (Å²) in [7, 11) is 0. The average Bonchev–Trinajstić information content (AvgIpc) is 3.88. The van der Waals surface area contributed by atoms with Gasteiger partial charge in [-0.15, -0.1) is 0 Å². The van der Waals surface area contributed by atoms with Crippen molar-refractivity contribution in [2.45, 2.75) is 0 Å². The van der Waals surface area contributed by atoms with Crippen molar-refractivity contribution in [3.8, 4) is 51.2 Å². The molecule has 0 amide bonds. The molecule has 12 aromatic rings.